The van der Waals surface area contributed by atoms with Gasteiger partial charge in [-0.15, -0.1) is 0 Å². The second-order valence-electron chi connectivity index (χ2n) is 5.32. The number of hydrogen-bond donors (Lipinski definition) is 0. The third-order valence-electron chi connectivity index (χ3n) is 3.97. The van der Waals surface area contributed by atoms with Gasteiger partial charge in [0.1, 0.15) is 17.1 Å². The predicted octanol–water partition coefficient (Wildman–Crippen LogP) is 4.82. The number of hydrogen-bond acceptors (Lipinski definition) is 5. The standard InChI is InChI=1S/C19H18O5.C2H6/c1-11-18(20)14-10-13(21-2)6-8-15(14)24-19(11)12-5-7-16(22-3)17(9-12)23-4;1-2/h5-10H,1-4H3;1-2H3. The molecule has 1 heterocycles. The van der Waals surface area contributed by atoms with Crippen LogP contribution in [0, 0.1) is 6.92 Å². The van der Waals surface area contributed by atoms with Crippen LogP contribution in [0.15, 0.2) is 45.6 Å². The molecule has 26 heavy (non-hydrogen) atoms. The molecule has 0 amide bonds. The Kier molecular flexibility index (Phi) is 6.28. The lowest BCUT2D eigenvalue weighted by molar-refractivity contribution is 0.355. The highest BCUT2D eigenvalue weighted by Gasteiger charge is 2.15. The smallest absolute Gasteiger partial charge is 0.196 e. The number of fused-ring (bicyclic) bond motifs is 1. The molecule has 0 N–H and O–H groups in total. The SMILES string of the molecule is CC.COc1ccc2oc(-c3ccc(OC)c(OC)c3)c(C)c(=O)c2c1. The Balaban J connectivity index is 0.00000117. The number of rotatable bonds is 4. The molecule has 3 aromatic rings. The van der Waals surface area contributed by atoms with E-state index in [2.05, 4.69) is 0 Å². The fraction of sp³-hybridized carbons (Fsp3) is 0.286. The minimum Gasteiger partial charge on any atom is -0.497 e. The fourth-order valence-electron chi connectivity index (χ4n) is 2.65. The van der Waals surface area contributed by atoms with Crippen molar-refractivity contribution in [2.75, 3.05) is 21.3 Å². The summed E-state index contributed by atoms with van der Waals surface area (Å²) in [4.78, 5) is 12.7. The third kappa shape index (κ3) is 3.52. The van der Waals surface area contributed by atoms with Crippen molar-refractivity contribution < 1.29 is 18.6 Å². The highest BCUT2D eigenvalue weighted by atomic mass is 16.5. The molecule has 0 aliphatic carbocycles. The number of benzene rings is 2. The molecule has 0 atom stereocenters. The van der Waals surface area contributed by atoms with Gasteiger partial charge in [0.05, 0.1) is 26.7 Å². The second kappa shape index (κ2) is 8.43. The van der Waals surface area contributed by atoms with Crippen LogP contribution in [-0.2, 0) is 0 Å². The molecule has 5 heteroatoms. The van der Waals surface area contributed by atoms with Crippen LogP contribution in [-0.4, -0.2) is 21.3 Å². The zero-order chi connectivity index (χ0) is 19.3. The molecule has 2 aromatic carbocycles. The minimum absolute atomic E-state index is 0.0834. The summed E-state index contributed by atoms with van der Waals surface area (Å²) in [6, 6.07) is 10.6. The van der Waals surface area contributed by atoms with Gasteiger partial charge in [0.2, 0.25) is 0 Å². The van der Waals surface area contributed by atoms with E-state index < -0.39 is 0 Å². The number of ether oxygens (including phenoxy) is 3. The molecular weight excluding hydrogens is 332 g/mol. The van der Waals surface area contributed by atoms with Gasteiger partial charge in [-0.3, -0.25) is 4.79 Å². The molecule has 0 radical (unpaired) electrons. The van der Waals surface area contributed by atoms with Crippen LogP contribution >= 0.6 is 0 Å². The lowest BCUT2D eigenvalue weighted by atomic mass is 10.0. The van der Waals surface area contributed by atoms with E-state index in [0.29, 0.717) is 39.5 Å². The van der Waals surface area contributed by atoms with Crippen LogP contribution in [0.5, 0.6) is 17.2 Å². The van der Waals surface area contributed by atoms with Crippen molar-refractivity contribution in [1.82, 2.24) is 0 Å². The molecule has 3 rings (SSSR count). The van der Waals surface area contributed by atoms with E-state index >= 15 is 0 Å². The quantitative estimate of drug-likeness (QED) is 0.671. The topological polar surface area (TPSA) is 57.9 Å². The summed E-state index contributed by atoms with van der Waals surface area (Å²) in [6.45, 7) is 5.75. The van der Waals surface area contributed by atoms with Gasteiger partial charge in [0, 0.05) is 11.1 Å². The minimum atomic E-state index is -0.0834. The maximum Gasteiger partial charge on any atom is 0.196 e. The maximum atomic E-state index is 12.7. The first-order valence-corrected chi connectivity index (χ1v) is 8.43. The van der Waals surface area contributed by atoms with Gasteiger partial charge < -0.3 is 18.6 Å². The lowest BCUT2D eigenvalue weighted by Crippen LogP contribution is -2.07. The molecule has 0 saturated carbocycles. The average Bonchev–Trinajstić information content (AvgIpc) is 2.71. The Bertz CT molecular complexity index is 957. The van der Waals surface area contributed by atoms with Gasteiger partial charge in [-0.1, -0.05) is 13.8 Å². The Labute approximate surface area is 153 Å². The van der Waals surface area contributed by atoms with Crippen LogP contribution in [0.4, 0.5) is 0 Å². The van der Waals surface area contributed by atoms with Crippen LogP contribution in [0.1, 0.15) is 19.4 Å². The average molecular weight is 356 g/mol. The lowest BCUT2D eigenvalue weighted by Gasteiger charge is -2.11. The highest BCUT2D eigenvalue weighted by molar-refractivity contribution is 5.82. The Morgan fingerprint density at radius 1 is 0.846 bits per heavy atom. The first-order valence-electron chi connectivity index (χ1n) is 8.43. The summed E-state index contributed by atoms with van der Waals surface area (Å²) in [5, 5.41) is 0.496. The van der Waals surface area contributed by atoms with Gasteiger partial charge in [0.15, 0.2) is 16.9 Å². The van der Waals surface area contributed by atoms with Crippen LogP contribution in [0.3, 0.4) is 0 Å². The van der Waals surface area contributed by atoms with E-state index in [9.17, 15) is 4.79 Å². The monoisotopic (exact) mass is 356 g/mol. The Morgan fingerprint density at radius 3 is 2.15 bits per heavy atom. The molecular formula is C21H24O5. The van der Waals surface area contributed by atoms with Crippen molar-refractivity contribution in [1.29, 1.82) is 0 Å². The van der Waals surface area contributed by atoms with Crippen molar-refractivity contribution in [2.24, 2.45) is 0 Å². The normalized spacial score (nSPS) is 10.1. The highest BCUT2D eigenvalue weighted by Crippen LogP contribution is 2.34. The summed E-state index contributed by atoms with van der Waals surface area (Å²) < 4.78 is 21.7. The first kappa shape index (κ1) is 19.4. The predicted molar refractivity (Wildman–Crippen MR) is 104 cm³/mol. The van der Waals surface area contributed by atoms with Crippen LogP contribution in [0.25, 0.3) is 22.3 Å². The van der Waals surface area contributed by atoms with Gasteiger partial charge in [-0.05, 0) is 43.3 Å². The molecule has 138 valence electrons. The van der Waals surface area contributed by atoms with Crippen LogP contribution in [0.2, 0.25) is 0 Å². The van der Waals surface area contributed by atoms with E-state index in [-0.39, 0.29) is 5.43 Å². The molecule has 5 nitrogen and oxygen atoms in total. The van der Waals surface area contributed by atoms with Gasteiger partial charge in [-0.2, -0.15) is 0 Å². The van der Waals surface area contributed by atoms with E-state index in [1.54, 1.807) is 58.6 Å². The van der Waals surface area contributed by atoms with Crippen molar-refractivity contribution in [3.63, 3.8) is 0 Å². The molecule has 0 unspecified atom stereocenters. The van der Waals surface area contributed by atoms with E-state index in [1.165, 1.54) is 0 Å². The largest absolute Gasteiger partial charge is 0.497 e. The summed E-state index contributed by atoms with van der Waals surface area (Å²) >= 11 is 0. The molecule has 0 saturated heterocycles. The third-order valence-corrected chi connectivity index (χ3v) is 3.97. The summed E-state index contributed by atoms with van der Waals surface area (Å²) in [5.41, 5.74) is 1.71. The molecule has 0 aliphatic heterocycles. The first-order chi connectivity index (χ1) is 12.6. The zero-order valence-corrected chi connectivity index (χ0v) is 16.0. The van der Waals surface area contributed by atoms with E-state index in [4.69, 9.17) is 18.6 Å². The van der Waals surface area contributed by atoms with Crippen molar-refractivity contribution >= 4 is 11.0 Å². The molecule has 0 aliphatic rings. The van der Waals surface area contributed by atoms with Crippen molar-refractivity contribution in [3.05, 3.63) is 52.2 Å². The van der Waals surface area contributed by atoms with E-state index in [0.717, 1.165) is 5.56 Å². The summed E-state index contributed by atoms with van der Waals surface area (Å²) in [5.74, 6) is 2.32. The summed E-state index contributed by atoms with van der Waals surface area (Å²) in [6.07, 6.45) is 0. The second-order valence-corrected chi connectivity index (χ2v) is 5.32. The molecule has 1 aromatic heterocycles. The molecule has 0 spiro atoms. The van der Waals surface area contributed by atoms with Gasteiger partial charge in [0.25, 0.3) is 0 Å². The maximum absolute atomic E-state index is 12.7. The van der Waals surface area contributed by atoms with Crippen LogP contribution < -0.4 is 19.6 Å². The Morgan fingerprint density at radius 2 is 1.54 bits per heavy atom. The molecule has 0 fully saturated rings. The zero-order valence-electron chi connectivity index (χ0n) is 16.0. The Hall–Kier alpha value is -2.95. The fourth-order valence-corrected chi connectivity index (χ4v) is 2.65. The molecule has 0 bridgehead atoms. The van der Waals surface area contributed by atoms with Crippen molar-refractivity contribution in [3.8, 4) is 28.6 Å². The number of methoxy groups -OCH3 is 3. The van der Waals surface area contributed by atoms with E-state index in [1.807, 2.05) is 19.9 Å². The van der Waals surface area contributed by atoms with Crippen molar-refractivity contribution in [2.45, 2.75) is 20.8 Å². The summed E-state index contributed by atoms with van der Waals surface area (Å²) in [7, 11) is 4.71. The van der Waals surface area contributed by atoms with Gasteiger partial charge in [-0.25, -0.2) is 0 Å². The van der Waals surface area contributed by atoms with Gasteiger partial charge >= 0.3 is 0 Å².